The van der Waals surface area contributed by atoms with Gasteiger partial charge in [0.25, 0.3) is 0 Å². The van der Waals surface area contributed by atoms with Crippen molar-refractivity contribution in [2.75, 3.05) is 7.11 Å². The van der Waals surface area contributed by atoms with Crippen molar-refractivity contribution in [3.05, 3.63) is 28.5 Å². The summed E-state index contributed by atoms with van der Waals surface area (Å²) in [6.07, 6.45) is 1.58. The molecular weight excluding hydrogens is 176 g/mol. The van der Waals surface area contributed by atoms with Gasteiger partial charge in [0.05, 0.1) is 11.6 Å². The lowest BCUT2D eigenvalue weighted by Crippen LogP contribution is -1.91. The van der Waals surface area contributed by atoms with Gasteiger partial charge in [0, 0.05) is 13.3 Å². The van der Waals surface area contributed by atoms with Gasteiger partial charge in [0.1, 0.15) is 6.07 Å². The van der Waals surface area contributed by atoms with Crippen LogP contribution in [-0.2, 0) is 11.3 Å². The van der Waals surface area contributed by atoms with E-state index in [-0.39, 0.29) is 5.69 Å². The van der Waals surface area contributed by atoms with Gasteiger partial charge < -0.3 is 4.74 Å². The Balaban J connectivity index is 2.96. The van der Waals surface area contributed by atoms with E-state index < -0.39 is 0 Å². The largest absolute Gasteiger partial charge is 0.380 e. The fraction of sp³-hybridized carbons (Fsp3) is 0.250. The van der Waals surface area contributed by atoms with E-state index in [9.17, 15) is 0 Å². The molecule has 0 atom stereocenters. The molecule has 0 saturated heterocycles. The summed E-state index contributed by atoms with van der Waals surface area (Å²) in [5.41, 5.74) is 1.11. The minimum absolute atomic E-state index is 0.247. The molecule has 0 aliphatic heterocycles. The van der Waals surface area contributed by atoms with Crippen molar-refractivity contribution in [2.45, 2.75) is 6.61 Å². The summed E-state index contributed by atoms with van der Waals surface area (Å²) >= 11 is 5.72. The second-order valence-corrected chi connectivity index (χ2v) is 2.63. The Morgan fingerprint density at radius 2 is 2.50 bits per heavy atom. The number of ether oxygens (including phenoxy) is 1. The maximum absolute atomic E-state index is 8.51. The molecule has 0 bridgehead atoms. The van der Waals surface area contributed by atoms with Crippen LogP contribution in [0, 0.1) is 11.3 Å². The molecule has 1 rings (SSSR count). The van der Waals surface area contributed by atoms with Gasteiger partial charge in [-0.3, -0.25) is 0 Å². The summed E-state index contributed by atoms with van der Waals surface area (Å²) in [6.45, 7) is 0.457. The summed E-state index contributed by atoms with van der Waals surface area (Å²) in [5, 5.41) is 8.88. The zero-order chi connectivity index (χ0) is 8.97. The highest BCUT2D eigenvalue weighted by atomic mass is 35.5. The van der Waals surface area contributed by atoms with Crippen molar-refractivity contribution in [1.29, 1.82) is 5.26 Å². The van der Waals surface area contributed by atoms with E-state index in [0.717, 1.165) is 5.56 Å². The fourth-order valence-electron chi connectivity index (χ4n) is 0.805. The quantitative estimate of drug-likeness (QED) is 0.700. The Bertz CT molecular complexity index is 319. The van der Waals surface area contributed by atoms with Crippen molar-refractivity contribution >= 4 is 11.6 Å². The Labute approximate surface area is 75.6 Å². The van der Waals surface area contributed by atoms with Gasteiger partial charge in [0.15, 0.2) is 5.69 Å². The third kappa shape index (κ3) is 1.94. The molecule has 62 valence electrons. The first-order valence-electron chi connectivity index (χ1n) is 3.31. The topological polar surface area (TPSA) is 45.9 Å². The molecule has 0 fully saturated rings. The first kappa shape index (κ1) is 8.98. The van der Waals surface area contributed by atoms with Gasteiger partial charge >= 0.3 is 0 Å². The zero-order valence-corrected chi connectivity index (χ0v) is 7.30. The minimum atomic E-state index is 0.247. The SMILES string of the molecule is COCc1cnc(C#N)c(Cl)c1. The van der Waals surface area contributed by atoms with Crippen LogP contribution in [0.2, 0.25) is 5.02 Å². The highest BCUT2D eigenvalue weighted by Gasteiger charge is 2.01. The molecule has 0 N–H and O–H groups in total. The molecule has 0 aliphatic rings. The number of methoxy groups -OCH3 is 1. The molecule has 0 saturated carbocycles. The van der Waals surface area contributed by atoms with Crippen molar-refractivity contribution < 1.29 is 4.74 Å². The lowest BCUT2D eigenvalue weighted by atomic mass is 10.3. The number of hydrogen-bond donors (Lipinski definition) is 0. The number of nitrogens with zero attached hydrogens (tertiary/aromatic N) is 2. The third-order valence-electron chi connectivity index (χ3n) is 1.31. The number of hydrogen-bond acceptors (Lipinski definition) is 3. The molecule has 1 heterocycles. The molecule has 12 heavy (non-hydrogen) atoms. The van der Waals surface area contributed by atoms with Crippen LogP contribution in [0.15, 0.2) is 12.3 Å². The second-order valence-electron chi connectivity index (χ2n) is 2.22. The molecule has 0 spiro atoms. The Hall–Kier alpha value is -1.11. The number of aromatic nitrogens is 1. The summed E-state index contributed by atoms with van der Waals surface area (Å²) < 4.78 is 4.87. The van der Waals surface area contributed by atoms with Crippen molar-refractivity contribution in [3.63, 3.8) is 0 Å². The van der Waals surface area contributed by atoms with E-state index in [1.54, 1.807) is 19.4 Å². The Morgan fingerprint density at radius 1 is 1.75 bits per heavy atom. The molecule has 1 aromatic rings. The molecule has 3 nitrogen and oxygen atoms in total. The summed E-state index contributed by atoms with van der Waals surface area (Å²) in [6, 6.07) is 3.56. The normalized spacial score (nSPS) is 9.42. The number of nitriles is 1. The van der Waals surface area contributed by atoms with Crippen molar-refractivity contribution in [1.82, 2.24) is 4.98 Å². The molecule has 1 aromatic heterocycles. The molecule has 0 aliphatic carbocycles. The number of pyridine rings is 1. The highest BCUT2D eigenvalue weighted by molar-refractivity contribution is 6.31. The zero-order valence-electron chi connectivity index (χ0n) is 6.54. The average molecular weight is 183 g/mol. The summed E-state index contributed by atoms with van der Waals surface area (Å²) in [7, 11) is 1.59. The van der Waals surface area contributed by atoms with Gasteiger partial charge in [-0.2, -0.15) is 5.26 Å². The molecular formula is C8H7ClN2O. The van der Waals surface area contributed by atoms with Crippen LogP contribution in [0.3, 0.4) is 0 Å². The summed E-state index contributed by atoms with van der Waals surface area (Å²) in [4.78, 5) is 3.84. The van der Waals surface area contributed by atoms with E-state index in [0.29, 0.717) is 11.6 Å². The van der Waals surface area contributed by atoms with Crippen molar-refractivity contribution in [3.8, 4) is 6.07 Å². The van der Waals surface area contributed by atoms with Crippen molar-refractivity contribution in [2.24, 2.45) is 0 Å². The number of halogens is 1. The third-order valence-corrected chi connectivity index (χ3v) is 1.60. The van der Waals surface area contributed by atoms with Gasteiger partial charge in [0.2, 0.25) is 0 Å². The number of rotatable bonds is 2. The fourth-order valence-corrected chi connectivity index (χ4v) is 1.04. The molecule has 0 amide bonds. The predicted octanol–water partition coefficient (Wildman–Crippen LogP) is 1.75. The van der Waals surface area contributed by atoms with Crippen LogP contribution >= 0.6 is 11.6 Å². The van der Waals surface area contributed by atoms with Crippen LogP contribution < -0.4 is 0 Å². The van der Waals surface area contributed by atoms with Crippen LogP contribution in [0.25, 0.3) is 0 Å². The smallest absolute Gasteiger partial charge is 0.159 e. The maximum atomic E-state index is 8.51. The van der Waals surface area contributed by atoms with Crippen LogP contribution in [0.5, 0.6) is 0 Å². The highest BCUT2D eigenvalue weighted by Crippen LogP contribution is 2.14. The van der Waals surface area contributed by atoms with E-state index >= 15 is 0 Å². The molecule has 0 unspecified atom stereocenters. The average Bonchev–Trinajstić information content (AvgIpc) is 2.05. The summed E-state index contributed by atoms with van der Waals surface area (Å²) in [5.74, 6) is 0. The minimum Gasteiger partial charge on any atom is -0.380 e. The van der Waals surface area contributed by atoms with Gasteiger partial charge in [-0.1, -0.05) is 11.6 Å². The molecule has 0 radical (unpaired) electrons. The van der Waals surface area contributed by atoms with Crippen LogP contribution in [0.1, 0.15) is 11.3 Å². The molecule has 0 aromatic carbocycles. The van der Waals surface area contributed by atoms with Crippen LogP contribution in [0.4, 0.5) is 0 Å². The van der Waals surface area contributed by atoms with E-state index in [2.05, 4.69) is 4.98 Å². The van der Waals surface area contributed by atoms with Gasteiger partial charge in [-0.15, -0.1) is 0 Å². The first-order chi connectivity index (χ1) is 5.77. The van der Waals surface area contributed by atoms with Gasteiger partial charge in [-0.25, -0.2) is 4.98 Å². The van der Waals surface area contributed by atoms with E-state index in [1.165, 1.54) is 0 Å². The maximum Gasteiger partial charge on any atom is 0.159 e. The first-order valence-corrected chi connectivity index (χ1v) is 3.69. The monoisotopic (exact) mass is 182 g/mol. The lowest BCUT2D eigenvalue weighted by Gasteiger charge is -1.99. The van der Waals surface area contributed by atoms with E-state index in [4.69, 9.17) is 21.6 Å². The second kappa shape index (κ2) is 4.05. The van der Waals surface area contributed by atoms with E-state index in [1.807, 2.05) is 6.07 Å². The van der Waals surface area contributed by atoms with Gasteiger partial charge in [-0.05, 0) is 11.6 Å². The predicted molar refractivity (Wildman–Crippen MR) is 44.7 cm³/mol. The Morgan fingerprint density at radius 3 is 3.00 bits per heavy atom. The Kier molecular flexibility index (Phi) is 3.03. The van der Waals surface area contributed by atoms with Crippen LogP contribution in [-0.4, -0.2) is 12.1 Å². The standard InChI is InChI=1S/C8H7ClN2O/c1-12-5-6-2-7(9)8(3-10)11-4-6/h2,4H,5H2,1H3. The lowest BCUT2D eigenvalue weighted by molar-refractivity contribution is 0.184. The molecule has 4 heteroatoms.